The van der Waals surface area contributed by atoms with Gasteiger partial charge in [0.25, 0.3) is 5.91 Å². The minimum absolute atomic E-state index is 0.199. The van der Waals surface area contributed by atoms with E-state index < -0.39 is 0 Å². The smallest absolute Gasteiger partial charge is 0.251 e. The van der Waals surface area contributed by atoms with Crippen molar-refractivity contribution in [2.24, 2.45) is 0 Å². The summed E-state index contributed by atoms with van der Waals surface area (Å²) < 4.78 is 21.7. The van der Waals surface area contributed by atoms with Crippen molar-refractivity contribution in [1.82, 2.24) is 5.32 Å². The third kappa shape index (κ3) is 5.06. The van der Waals surface area contributed by atoms with E-state index >= 15 is 0 Å². The lowest BCUT2D eigenvalue weighted by Crippen LogP contribution is -2.26. The second kappa shape index (κ2) is 9.71. The third-order valence-corrected chi connectivity index (χ3v) is 4.06. The highest BCUT2D eigenvalue weighted by Crippen LogP contribution is 2.31. The number of hydrogen-bond donors (Lipinski definition) is 1. The largest absolute Gasteiger partial charge is 0.493 e. The second-order valence-electron chi connectivity index (χ2n) is 5.84. The summed E-state index contributed by atoms with van der Waals surface area (Å²) in [5, 5.41) is 2.99. The Morgan fingerprint density at radius 3 is 2.15 bits per heavy atom. The van der Waals surface area contributed by atoms with E-state index in [-0.39, 0.29) is 11.9 Å². The van der Waals surface area contributed by atoms with Crippen molar-refractivity contribution in [2.75, 3.05) is 27.4 Å². The van der Waals surface area contributed by atoms with Gasteiger partial charge in [-0.25, -0.2) is 0 Å². The molecule has 27 heavy (non-hydrogen) atoms. The van der Waals surface area contributed by atoms with Gasteiger partial charge in [-0.15, -0.1) is 0 Å². The molecule has 146 valence electrons. The predicted octanol–water partition coefficient (Wildman–Crippen LogP) is 3.99. The van der Waals surface area contributed by atoms with Crippen LogP contribution in [0.15, 0.2) is 36.4 Å². The summed E-state index contributed by atoms with van der Waals surface area (Å²) in [6, 6.07) is 10.5. The number of rotatable bonds is 9. The lowest BCUT2D eigenvalue weighted by Gasteiger charge is -2.18. The van der Waals surface area contributed by atoms with Crippen LogP contribution in [0, 0.1) is 0 Å². The molecule has 0 radical (unpaired) electrons. The number of hydrogen-bond acceptors (Lipinski definition) is 5. The van der Waals surface area contributed by atoms with Crippen LogP contribution in [0.3, 0.4) is 0 Å². The highest BCUT2D eigenvalue weighted by Gasteiger charge is 2.16. The zero-order valence-electron chi connectivity index (χ0n) is 16.5. The van der Waals surface area contributed by atoms with Gasteiger partial charge in [0.05, 0.1) is 33.5 Å². The molecule has 0 aromatic heterocycles. The molecule has 0 saturated heterocycles. The maximum atomic E-state index is 12.6. The molecule has 0 aliphatic carbocycles. The van der Waals surface area contributed by atoms with Gasteiger partial charge < -0.3 is 24.3 Å². The van der Waals surface area contributed by atoms with Gasteiger partial charge in [0, 0.05) is 5.56 Å². The van der Waals surface area contributed by atoms with Crippen molar-refractivity contribution in [3.05, 3.63) is 47.5 Å². The van der Waals surface area contributed by atoms with Crippen LogP contribution >= 0.6 is 0 Å². The Labute approximate surface area is 160 Å². The summed E-state index contributed by atoms with van der Waals surface area (Å²) >= 11 is 0. The Morgan fingerprint density at radius 2 is 1.52 bits per heavy atom. The fraction of sp³-hybridized carbons (Fsp3) is 0.381. The van der Waals surface area contributed by atoms with Gasteiger partial charge in [-0.1, -0.05) is 6.07 Å². The molecule has 2 aromatic carbocycles. The Kier molecular flexibility index (Phi) is 7.34. The Hall–Kier alpha value is -2.89. The second-order valence-corrected chi connectivity index (χ2v) is 5.84. The van der Waals surface area contributed by atoms with Crippen molar-refractivity contribution in [1.29, 1.82) is 0 Å². The van der Waals surface area contributed by atoms with E-state index in [2.05, 4.69) is 5.32 Å². The van der Waals surface area contributed by atoms with E-state index in [1.807, 2.05) is 39.0 Å². The number of nitrogens with one attached hydrogen (secondary N) is 1. The lowest BCUT2D eigenvalue weighted by molar-refractivity contribution is 0.0939. The average Bonchev–Trinajstić information content (AvgIpc) is 2.68. The number of carbonyl (C=O) groups excluding carboxylic acids is 1. The van der Waals surface area contributed by atoms with E-state index in [0.717, 1.165) is 5.56 Å². The molecule has 0 aliphatic rings. The predicted molar refractivity (Wildman–Crippen MR) is 104 cm³/mol. The number of amides is 1. The minimum atomic E-state index is -0.208. The summed E-state index contributed by atoms with van der Waals surface area (Å²) in [5.41, 5.74) is 1.42. The molecule has 6 heteroatoms. The molecule has 1 N–H and O–H groups in total. The molecule has 0 fully saturated rings. The SMILES string of the molecule is CCOc1ccc([C@H](C)NC(=O)c2ccc(OC)c(OC)c2)cc1OCC. The summed E-state index contributed by atoms with van der Waals surface area (Å²) in [4.78, 5) is 12.6. The van der Waals surface area contributed by atoms with Crippen LogP contribution in [0.5, 0.6) is 23.0 Å². The summed E-state index contributed by atoms with van der Waals surface area (Å²) in [6.45, 7) is 6.87. The van der Waals surface area contributed by atoms with Crippen LogP contribution in [0.2, 0.25) is 0 Å². The van der Waals surface area contributed by atoms with Crippen molar-refractivity contribution in [2.45, 2.75) is 26.8 Å². The fourth-order valence-electron chi connectivity index (χ4n) is 2.68. The van der Waals surface area contributed by atoms with Crippen LogP contribution in [0.1, 0.15) is 42.7 Å². The topological polar surface area (TPSA) is 66.0 Å². The Morgan fingerprint density at radius 1 is 0.889 bits per heavy atom. The van der Waals surface area contributed by atoms with Crippen molar-refractivity contribution in [3.8, 4) is 23.0 Å². The molecule has 0 spiro atoms. The molecule has 0 aliphatic heterocycles. The first kappa shape index (κ1) is 20.4. The van der Waals surface area contributed by atoms with Crippen LogP contribution < -0.4 is 24.3 Å². The van der Waals surface area contributed by atoms with Gasteiger partial charge >= 0.3 is 0 Å². The van der Waals surface area contributed by atoms with Crippen LogP contribution in [-0.4, -0.2) is 33.3 Å². The molecule has 1 atom stereocenters. The molecule has 0 bridgehead atoms. The first-order valence-corrected chi connectivity index (χ1v) is 8.96. The number of benzene rings is 2. The zero-order valence-corrected chi connectivity index (χ0v) is 16.5. The van der Waals surface area contributed by atoms with Crippen molar-refractivity contribution < 1.29 is 23.7 Å². The van der Waals surface area contributed by atoms with Crippen LogP contribution in [-0.2, 0) is 0 Å². The van der Waals surface area contributed by atoms with Gasteiger partial charge in [-0.3, -0.25) is 4.79 Å². The van der Waals surface area contributed by atoms with Gasteiger partial charge in [0.1, 0.15) is 0 Å². The molecule has 0 unspecified atom stereocenters. The molecule has 2 rings (SSSR count). The van der Waals surface area contributed by atoms with E-state index in [1.54, 1.807) is 25.3 Å². The van der Waals surface area contributed by atoms with E-state index in [4.69, 9.17) is 18.9 Å². The maximum Gasteiger partial charge on any atom is 0.251 e. The van der Waals surface area contributed by atoms with Crippen LogP contribution in [0.4, 0.5) is 0 Å². The zero-order chi connectivity index (χ0) is 19.8. The minimum Gasteiger partial charge on any atom is -0.493 e. The molecular formula is C21H27NO5. The number of ether oxygens (including phenoxy) is 4. The molecule has 1 amide bonds. The number of carbonyl (C=O) groups is 1. The highest BCUT2D eigenvalue weighted by molar-refractivity contribution is 5.95. The average molecular weight is 373 g/mol. The van der Waals surface area contributed by atoms with Crippen molar-refractivity contribution >= 4 is 5.91 Å². The fourth-order valence-corrected chi connectivity index (χ4v) is 2.68. The lowest BCUT2D eigenvalue weighted by atomic mass is 10.1. The monoisotopic (exact) mass is 373 g/mol. The van der Waals surface area contributed by atoms with E-state index in [0.29, 0.717) is 41.8 Å². The first-order valence-electron chi connectivity index (χ1n) is 8.96. The normalized spacial score (nSPS) is 11.4. The molecule has 0 heterocycles. The van der Waals surface area contributed by atoms with E-state index in [1.165, 1.54) is 7.11 Å². The van der Waals surface area contributed by atoms with Gasteiger partial charge in [0.15, 0.2) is 23.0 Å². The van der Waals surface area contributed by atoms with Gasteiger partial charge in [-0.2, -0.15) is 0 Å². The van der Waals surface area contributed by atoms with Crippen molar-refractivity contribution in [3.63, 3.8) is 0 Å². The Bertz CT molecular complexity index is 775. The quantitative estimate of drug-likeness (QED) is 0.720. The summed E-state index contributed by atoms with van der Waals surface area (Å²) in [7, 11) is 3.10. The van der Waals surface area contributed by atoms with Crippen LogP contribution in [0.25, 0.3) is 0 Å². The number of methoxy groups -OCH3 is 2. The standard InChI is InChI=1S/C21H27NO5/c1-6-26-18-11-8-15(12-20(18)27-7-2)14(3)22-21(23)16-9-10-17(24-4)19(13-16)25-5/h8-14H,6-7H2,1-5H3,(H,22,23)/t14-/m0/s1. The summed E-state index contributed by atoms with van der Waals surface area (Å²) in [5.74, 6) is 2.26. The van der Waals surface area contributed by atoms with Gasteiger partial charge in [0.2, 0.25) is 0 Å². The molecule has 0 saturated carbocycles. The molecular weight excluding hydrogens is 346 g/mol. The van der Waals surface area contributed by atoms with Gasteiger partial charge in [-0.05, 0) is 56.7 Å². The highest BCUT2D eigenvalue weighted by atomic mass is 16.5. The maximum absolute atomic E-state index is 12.6. The third-order valence-electron chi connectivity index (χ3n) is 4.06. The van der Waals surface area contributed by atoms with E-state index in [9.17, 15) is 4.79 Å². The summed E-state index contributed by atoms with van der Waals surface area (Å²) in [6.07, 6.45) is 0. The Balaban J connectivity index is 2.17. The molecule has 2 aromatic rings. The first-order chi connectivity index (χ1) is 13.0. The molecule has 6 nitrogen and oxygen atoms in total.